The number of nitrogens with one attached hydrogen (secondary N) is 1. The molecule has 2 rings (SSSR count). The first-order valence-electron chi connectivity index (χ1n) is 6.12. The molecule has 106 valence electrons. The summed E-state index contributed by atoms with van der Waals surface area (Å²) in [5, 5.41) is 8.04. The summed E-state index contributed by atoms with van der Waals surface area (Å²) in [6.45, 7) is 2.54. The highest BCUT2D eigenvalue weighted by Gasteiger charge is 2.10. The second-order valence-electron chi connectivity index (χ2n) is 4.45. The maximum absolute atomic E-state index is 11.5. The number of anilines is 1. The Morgan fingerprint density at radius 3 is 2.85 bits per heavy atom. The normalized spacial score (nSPS) is 10.4. The van der Waals surface area contributed by atoms with E-state index in [0.717, 1.165) is 11.3 Å². The van der Waals surface area contributed by atoms with Crippen LogP contribution in [-0.4, -0.2) is 22.9 Å². The number of hydrogen-bond acceptors (Lipinski definition) is 4. The van der Waals surface area contributed by atoms with Crippen molar-refractivity contribution in [3.05, 3.63) is 46.2 Å². The summed E-state index contributed by atoms with van der Waals surface area (Å²) >= 11 is 6.12. The van der Waals surface area contributed by atoms with Gasteiger partial charge in [0, 0.05) is 25.4 Å². The second kappa shape index (κ2) is 5.96. The number of aromatic nitrogens is 2. The van der Waals surface area contributed by atoms with E-state index in [9.17, 15) is 4.79 Å². The molecular formula is C14H16ClN3O2. The van der Waals surface area contributed by atoms with Gasteiger partial charge in [-0.05, 0) is 25.1 Å². The van der Waals surface area contributed by atoms with Crippen LogP contribution in [0.25, 0.3) is 0 Å². The number of benzene rings is 1. The van der Waals surface area contributed by atoms with Crippen LogP contribution in [0.1, 0.15) is 21.6 Å². The molecule has 20 heavy (non-hydrogen) atoms. The monoisotopic (exact) mass is 293 g/mol. The zero-order valence-electron chi connectivity index (χ0n) is 11.6. The fraction of sp³-hybridized carbons (Fsp3) is 0.286. The molecule has 0 aliphatic heterocycles. The average molecular weight is 294 g/mol. The van der Waals surface area contributed by atoms with Crippen LogP contribution in [0, 0.1) is 6.92 Å². The highest BCUT2D eigenvalue weighted by atomic mass is 35.5. The van der Waals surface area contributed by atoms with Gasteiger partial charge in [0.1, 0.15) is 0 Å². The van der Waals surface area contributed by atoms with E-state index in [1.165, 1.54) is 7.11 Å². The predicted octanol–water partition coefficient (Wildman–Crippen LogP) is 2.78. The van der Waals surface area contributed by atoms with E-state index in [1.54, 1.807) is 22.9 Å². The number of rotatable bonds is 4. The van der Waals surface area contributed by atoms with Crippen LogP contribution >= 0.6 is 11.6 Å². The summed E-state index contributed by atoms with van der Waals surface area (Å²) in [5.74, 6) is -0.387. The predicted molar refractivity (Wildman–Crippen MR) is 78.1 cm³/mol. The zero-order chi connectivity index (χ0) is 14.7. The minimum atomic E-state index is -0.387. The molecule has 2 aromatic rings. The summed E-state index contributed by atoms with van der Waals surface area (Å²) in [4.78, 5) is 11.5. The molecule has 1 aromatic carbocycles. The molecule has 5 nitrogen and oxygen atoms in total. The fourth-order valence-corrected chi connectivity index (χ4v) is 2.10. The van der Waals surface area contributed by atoms with Gasteiger partial charge in [-0.3, -0.25) is 4.68 Å². The molecule has 0 radical (unpaired) electrons. The average Bonchev–Trinajstić information content (AvgIpc) is 2.75. The number of carbonyl (C=O) groups excluding carboxylic acids is 1. The number of halogens is 1. The lowest BCUT2D eigenvalue weighted by Crippen LogP contribution is -2.04. The summed E-state index contributed by atoms with van der Waals surface area (Å²) in [5.41, 5.74) is 3.19. The van der Waals surface area contributed by atoms with Crippen molar-refractivity contribution in [3.63, 3.8) is 0 Å². The van der Waals surface area contributed by atoms with Crippen LogP contribution < -0.4 is 5.32 Å². The van der Waals surface area contributed by atoms with Gasteiger partial charge in [0.25, 0.3) is 0 Å². The molecule has 1 N–H and O–H groups in total. The van der Waals surface area contributed by atoms with Gasteiger partial charge in [-0.1, -0.05) is 11.6 Å². The van der Waals surface area contributed by atoms with Gasteiger partial charge in [0.2, 0.25) is 0 Å². The van der Waals surface area contributed by atoms with Crippen molar-refractivity contribution < 1.29 is 9.53 Å². The molecule has 6 heteroatoms. The quantitative estimate of drug-likeness (QED) is 0.881. The lowest BCUT2D eigenvalue weighted by atomic mass is 10.2. The Labute approximate surface area is 122 Å². The van der Waals surface area contributed by atoms with Crippen molar-refractivity contribution in [2.24, 2.45) is 7.05 Å². The van der Waals surface area contributed by atoms with Crippen LogP contribution in [0.15, 0.2) is 24.4 Å². The van der Waals surface area contributed by atoms with Crippen molar-refractivity contribution in [1.29, 1.82) is 0 Å². The molecule has 0 saturated heterocycles. The first-order valence-corrected chi connectivity index (χ1v) is 6.50. The van der Waals surface area contributed by atoms with Crippen LogP contribution in [0.3, 0.4) is 0 Å². The number of hydrogen-bond donors (Lipinski definition) is 1. The van der Waals surface area contributed by atoms with Gasteiger partial charge in [-0.25, -0.2) is 4.79 Å². The van der Waals surface area contributed by atoms with Crippen molar-refractivity contribution in [2.75, 3.05) is 12.4 Å². The third kappa shape index (κ3) is 3.11. The SMILES string of the molecule is COC(=O)c1ccc(Cl)c(NCc2cn(C)nc2C)c1. The van der Waals surface area contributed by atoms with Gasteiger partial charge in [0.15, 0.2) is 0 Å². The second-order valence-corrected chi connectivity index (χ2v) is 4.86. The molecule has 0 atom stereocenters. The Morgan fingerprint density at radius 1 is 1.50 bits per heavy atom. The first-order chi connectivity index (χ1) is 9.51. The number of esters is 1. The lowest BCUT2D eigenvalue weighted by Gasteiger charge is -2.09. The molecule has 1 aromatic heterocycles. The van der Waals surface area contributed by atoms with Gasteiger partial charge in [-0.2, -0.15) is 5.10 Å². The summed E-state index contributed by atoms with van der Waals surface area (Å²) in [6.07, 6.45) is 1.94. The molecule has 0 amide bonds. The highest BCUT2D eigenvalue weighted by molar-refractivity contribution is 6.33. The molecule has 0 fully saturated rings. The number of ether oxygens (including phenoxy) is 1. The number of nitrogens with zero attached hydrogens (tertiary/aromatic N) is 2. The van der Waals surface area contributed by atoms with Crippen LogP contribution in [0.2, 0.25) is 5.02 Å². The van der Waals surface area contributed by atoms with Gasteiger partial charge >= 0.3 is 5.97 Å². The lowest BCUT2D eigenvalue weighted by molar-refractivity contribution is 0.0601. The molecule has 0 unspecified atom stereocenters. The number of aryl methyl sites for hydroxylation is 2. The fourth-order valence-electron chi connectivity index (χ4n) is 1.92. The number of carbonyl (C=O) groups is 1. The smallest absolute Gasteiger partial charge is 0.337 e. The Bertz CT molecular complexity index is 637. The molecular weight excluding hydrogens is 278 g/mol. The van der Waals surface area contributed by atoms with Crippen molar-refractivity contribution in [2.45, 2.75) is 13.5 Å². The topological polar surface area (TPSA) is 56.1 Å². The van der Waals surface area contributed by atoms with E-state index in [-0.39, 0.29) is 5.97 Å². The molecule has 0 spiro atoms. The van der Waals surface area contributed by atoms with Gasteiger partial charge < -0.3 is 10.1 Å². The third-order valence-corrected chi connectivity index (χ3v) is 3.30. The summed E-state index contributed by atoms with van der Waals surface area (Å²) in [6, 6.07) is 4.99. The van der Waals surface area contributed by atoms with Crippen molar-refractivity contribution in [1.82, 2.24) is 9.78 Å². The molecule has 0 bridgehead atoms. The van der Waals surface area contributed by atoms with E-state index in [2.05, 4.69) is 10.4 Å². The van der Waals surface area contributed by atoms with E-state index in [0.29, 0.717) is 22.8 Å². The van der Waals surface area contributed by atoms with Gasteiger partial charge in [-0.15, -0.1) is 0 Å². The number of methoxy groups -OCH3 is 1. The Kier molecular flexibility index (Phi) is 4.29. The molecule has 0 saturated carbocycles. The maximum Gasteiger partial charge on any atom is 0.337 e. The van der Waals surface area contributed by atoms with E-state index >= 15 is 0 Å². The highest BCUT2D eigenvalue weighted by Crippen LogP contribution is 2.24. The van der Waals surface area contributed by atoms with E-state index in [4.69, 9.17) is 16.3 Å². The molecule has 1 heterocycles. The summed E-state index contributed by atoms with van der Waals surface area (Å²) in [7, 11) is 3.23. The van der Waals surface area contributed by atoms with Crippen LogP contribution in [-0.2, 0) is 18.3 Å². The first kappa shape index (κ1) is 14.4. The molecule has 0 aliphatic rings. The standard InChI is InChI=1S/C14H16ClN3O2/c1-9-11(8-18(2)17-9)7-16-13-6-10(14(19)20-3)4-5-12(13)15/h4-6,8,16H,7H2,1-3H3. The Morgan fingerprint density at radius 2 is 2.25 bits per heavy atom. The van der Waals surface area contributed by atoms with Crippen molar-refractivity contribution >= 4 is 23.3 Å². The van der Waals surface area contributed by atoms with E-state index < -0.39 is 0 Å². The largest absolute Gasteiger partial charge is 0.465 e. The summed E-state index contributed by atoms with van der Waals surface area (Å²) < 4.78 is 6.46. The van der Waals surface area contributed by atoms with Gasteiger partial charge in [0.05, 0.1) is 29.1 Å². The molecule has 0 aliphatic carbocycles. The van der Waals surface area contributed by atoms with Crippen LogP contribution in [0.5, 0.6) is 0 Å². The third-order valence-electron chi connectivity index (χ3n) is 2.97. The Balaban J connectivity index is 2.16. The van der Waals surface area contributed by atoms with E-state index in [1.807, 2.05) is 20.2 Å². The zero-order valence-corrected chi connectivity index (χ0v) is 12.4. The minimum Gasteiger partial charge on any atom is -0.465 e. The Hall–Kier alpha value is -2.01. The maximum atomic E-state index is 11.5. The van der Waals surface area contributed by atoms with Crippen LogP contribution in [0.4, 0.5) is 5.69 Å². The van der Waals surface area contributed by atoms with Crippen molar-refractivity contribution in [3.8, 4) is 0 Å². The minimum absolute atomic E-state index is 0.387.